The summed E-state index contributed by atoms with van der Waals surface area (Å²) in [5.74, 6) is -0.231. The van der Waals surface area contributed by atoms with E-state index in [9.17, 15) is 9.59 Å². The molecular formula is C24H18ClN5O2S. The Morgan fingerprint density at radius 1 is 1.09 bits per heavy atom. The topological polar surface area (TPSA) is 88.4 Å². The Morgan fingerprint density at radius 3 is 2.73 bits per heavy atom. The van der Waals surface area contributed by atoms with Crippen LogP contribution in [0.4, 0.5) is 10.8 Å². The molecule has 0 spiro atoms. The van der Waals surface area contributed by atoms with Crippen LogP contribution in [-0.4, -0.2) is 20.5 Å². The molecule has 0 aliphatic rings. The predicted octanol–water partition coefficient (Wildman–Crippen LogP) is 4.94. The lowest BCUT2D eigenvalue weighted by atomic mass is 10.1. The highest BCUT2D eigenvalue weighted by molar-refractivity contribution is 7.20. The van der Waals surface area contributed by atoms with Gasteiger partial charge in [-0.25, -0.2) is 4.98 Å². The molecule has 3 aromatic carbocycles. The van der Waals surface area contributed by atoms with Gasteiger partial charge in [-0.05, 0) is 48.4 Å². The molecular weight excluding hydrogens is 458 g/mol. The quantitative estimate of drug-likeness (QED) is 0.376. The maximum Gasteiger partial charge on any atom is 0.283 e. The van der Waals surface area contributed by atoms with Crippen molar-refractivity contribution < 1.29 is 4.79 Å². The summed E-state index contributed by atoms with van der Waals surface area (Å²) in [5.41, 5.74) is 3.39. The minimum absolute atomic E-state index is 0.231. The Labute approximate surface area is 197 Å². The fraction of sp³-hybridized carbons (Fsp3) is 0.0833. The van der Waals surface area contributed by atoms with Crippen LogP contribution in [0, 0.1) is 6.92 Å². The standard InChI is InChI=1S/C24H18ClN5O2S/c1-14-7-9-17(25)12-19(14)27-23-29-30-22(32)18-10-8-16(11-20(18)28-24(30)33-23)21(31)26-13-15-5-3-2-4-6-15/h2-12H,13H2,1H3,(H,26,31)(H,27,29). The summed E-state index contributed by atoms with van der Waals surface area (Å²) >= 11 is 7.34. The molecule has 2 aromatic heterocycles. The Bertz CT molecular complexity index is 1560. The molecule has 0 aliphatic heterocycles. The number of benzene rings is 3. The molecule has 0 fully saturated rings. The molecule has 0 radical (unpaired) electrons. The molecule has 0 saturated heterocycles. The number of halogens is 1. The number of amides is 1. The smallest absolute Gasteiger partial charge is 0.283 e. The number of aromatic nitrogens is 3. The fourth-order valence-corrected chi connectivity index (χ4v) is 4.41. The lowest BCUT2D eigenvalue weighted by Gasteiger charge is -2.06. The molecule has 164 valence electrons. The van der Waals surface area contributed by atoms with E-state index in [1.807, 2.05) is 49.4 Å². The van der Waals surface area contributed by atoms with Crippen molar-refractivity contribution in [2.45, 2.75) is 13.5 Å². The zero-order valence-electron chi connectivity index (χ0n) is 17.5. The average molecular weight is 476 g/mol. The predicted molar refractivity (Wildman–Crippen MR) is 132 cm³/mol. The van der Waals surface area contributed by atoms with Gasteiger partial charge in [0.25, 0.3) is 11.5 Å². The molecule has 5 rings (SSSR count). The molecule has 0 unspecified atom stereocenters. The van der Waals surface area contributed by atoms with Gasteiger partial charge >= 0.3 is 0 Å². The van der Waals surface area contributed by atoms with Crippen LogP contribution < -0.4 is 16.2 Å². The molecule has 9 heteroatoms. The van der Waals surface area contributed by atoms with Crippen molar-refractivity contribution in [3.05, 3.63) is 98.8 Å². The molecule has 2 heterocycles. The fourth-order valence-electron chi connectivity index (χ4n) is 3.42. The summed E-state index contributed by atoms with van der Waals surface area (Å²) in [6.07, 6.45) is 0. The number of hydrogen-bond acceptors (Lipinski definition) is 6. The summed E-state index contributed by atoms with van der Waals surface area (Å²) < 4.78 is 1.27. The summed E-state index contributed by atoms with van der Waals surface area (Å²) in [7, 11) is 0. The highest BCUT2D eigenvalue weighted by atomic mass is 35.5. The molecule has 0 saturated carbocycles. The Kier molecular flexibility index (Phi) is 5.53. The van der Waals surface area contributed by atoms with E-state index in [1.54, 1.807) is 24.3 Å². The van der Waals surface area contributed by atoms with Gasteiger partial charge in [-0.2, -0.15) is 4.52 Å². The normalized spacial score (nSPS) is 11.1. The van der Waals surface area contributed by atoms with Gasteiger partial charge in [0.1, 0.15) is 0 Å². The van der Waals surface area contributed by atoms with Crippen LogP contribution in [-0.2, 0) is 6.54 Å². The van der Waals surface area contributed by atoms with Gasteiger partial charge in [-0.1, -0.05) is 59.3 Å². The van der Waals surface area contributed by atoms with Crippen LogP contribution in [0.25, 0.3) is 15.9 Å². The van der Waals surface area contributed by atoms with E-state index in [0.29, 0.717) is 38.1 Å². The van der Waals surface area contributed by atoms with E-state index in [4.69, 9.17) is 11.6 Å². The lowest BCUT2D eigenvalue weighted by molar-refractivity contribution is 0.0951. The van der Waals surface area contributed by atoms with E-state index < -0.39 is 0 Å². The number of nitrogens with one attached hydrogen (secondary N) is 2. The minimum atomic E-state index is -0.293. The zero-order chi connectivity index (χ0) is 22.9. The van der Waals surface area contributed by atoms with Gasteiger partial charge in [0.15, 0.2) is 0 Å². The number of fused-ring (bicyclic) bond motifs is 2. The van der Waals surface area contributed by atoms with Gasteiger partial charge in [0, 0.05) is 22.8 Å². The van der Waals surface area contributed by atoms with E-state index >= 15 is 0 Å². The Balaban J connectivity index is 1.45. The number of rotatable bonds is 5. The molecule has 0 bridgehead atoms. The molecule has 0 aliphatic carbocycles. The van der Waals surface area contributed by atoms with Gasteiger partial charge in [-0.15, -0.1) is 5.10 Å². The third-order valence-corrected chi connectivity index (χ3v) is 6.25. The van der Waals surface area contributed by atoms with E-state index in [1.165, 1.54) is 15.9 Å². The number of aryl methyl sites for hydroxylation is 1. The van der Waals surface area contributed by atoms with Gasteiger partial charge in [-0.3, -0.25) is 9.59 Å². The first kappa shape index (κ1) is 21.1. The van der Waals surface area contributed by atoms with Crippen LogP contribution in [0.2, 0.25) is 5.02 Å². The molecule has 0 atom stereocenters. The van der Waals surface area contributed by atoms with Gasteiger partial charge in [0.05, 0.1) is 10.9 Å². The second kappa shape index (κ2) is 8.65. The number of carbonyl (C=O) groups is 1. The van der Waals surface area contributed by atoms with Gasteiger partial charge < -0.3 is 10.6 Å². The largest absolute Gasteiger partial charge is 0.348 e. The third-order valence-electron chi connectivity index (χ3n) is 5.20. The maximum atomic E-state index is 13.0. The van der Waals surface area contributed by atoms with Crippen LogP contribution in [0.3, 0.4) is 0 Å². The lowest BCUT2D eigenvalue weighted by Crippen LogP contribution is -2.23. The number of hydrogen-bond donors (Lipinski definition) is 2. The van der Waals surface area contributed by atoms with Crippen molar-refractivity contribution >= 4 is 55.5 Å². The van der Waals surface area contributed by atoms with Crippen molar-refractivity contribution in [3.63, 3.8) is 0 Å². The van der Waals surface area contributed by atoms with Crippen molar-refractivity contribution in [1.82, 2.24) is 19.9 Å². The average Bonchev–Trinajstić information content (AvgIpc) is 3.23. The zero-order valence-corrected chi connectivity index (χ0v) is 19.1. The molecule has 5 aromatic rings. The summed E-state index contributed by atoms with van der Waals surface area (Å²) in [6.45, 7) is 2.37. The van der Waals surface area contributed by atoms with Gasteiger partial charge in [0.2, 0.25) is 10.1 Å². The second-order valence-electron chi connectivity index (χ2n) is 7.50. The SMILES string of the molecule is Cc1ccc(Cl)cc1Nc1nn2c(=O)c3ccc(C(=O)NCc4ccccc4)cc3nc2s1. The first-order chi connectivity index (χ1) is 16.0. The van der Waals surface area contributed by atoms with Crippen molar-refractivity contribution in [1.29, 1.82) is 0 Å². The van der Waals surface area contributed by atoms with E-state index in [-0.39, 0.29) is 11.5 Å². The van der Waals surface area contributed by atoms with E-state index in [2.05, 4.69) is 20.7 Å². The highest BCUT2D eigenvalue weighted by Crippen LogP contribution is 2.27. The molecule has 1 amide bonds. The number of anilines is 2. The Hall–Kier alpha value is -3.75. The summed E-state index contributed by atoms with van der Waals surface area (Å²) in [4.78, 5) is 30.6. The maximum absolute atomic E-state index is 13.0. The third kappa shape index (κ3) is 4.30. The van der Waals surface area contributed by atoms with Crippen molar-refractivity contribution in [3.8, 4) is 0 Å². The molecule has 2 N–H and O–H groups in total. The molecule has 7 nitrogen and oxygen atoms in total. The highest BCUT2D eigenvalue weighted by Gasteiger charge is 2.14. The van der Waals surface area contributed by atoms with Crippen molar-refractivity contribution in [2.75, 3.05) is 5.32 Å². The number of nitrogens with zero attached hydrogens (tertiary/aromatic N) is 3. The van der Waals surface area contributed by atoms with Crippen LogP contribution in [0.1, 0.15) is 21.5 Å². The second-order valence-corrected chi connectivity index (χ2v) is 8.90. The van der Waals surface area contributed by atoms with Crippen molar-refractivity contribution in [2.24, 2.45) is 0 Å². The monoisotopic (exact) mass is 475 g/mol. The first-order valence-electron chi connectivity index (χ1n) is 10.2. The first-order valence-corrected chi connectivity index (χ1v) is 11.4. The van der Waals surface area contributed by atoms with Crippen LogP contribution in [0.5, 0.6) is 0 Å². The van der Waals surface area contributed by atoms with Crippen LogP contribution in [0.15, 0.2) is 71.5 Å². The minimum Gasteiger partial charge on any atom is -0.348 e. The van der Waals surface area contributed by atoms with Crippen LogP contribution >= 0.6 is 22.9 Å². The Morgan fingerprint density at radius 2 is 1.91 bits per heavy atom. The van der Waals surface area contributed by atoms with E-state index in [0.717, 1.165) is 16.8 Å². The molecule has 33 heavy (non-hydrogen) atoms. The number of carbonyl (C=O) groups excluding carboxylic acids is 1. The summed E-state index contributed by atoms with van der Waals surface area (Å²) in [5, 5.41) is 12.0. The summed E-state index contributed by atoms with van der Waals surface area (Å²) in [6, 6.07) is 20.0.